The van der Waals surface area contributed by atoms with Crippen LogP contribution < -0.4 is 5.73 Å². The molecule has 2 N–H and O–H groups in total. The van der Waals surface area contributed by atoms with Crippen molar-refractivity contribution in [3.05, 3.63) is 29.6 Å². The minimum atomic E-state index is 0.262. The summed E-state index contributed by atoms with van der Waals surface area (Å²) in [5, 5.41) is 0. The summed E-state index contributed by atoms with van der Waals surface area (Å²) in [7, 11) is 0. The number of hydrogen-bond acceptors (Lipinski definition) is 2. The van der Waals surface area contributed by atoms with Crippen LogP contribution in [0.3, 0.4) is 0 Å². The molecule has 0 radical (unpaired) electrons. The Kier molecular flexibility index (Phi) is 3.23. The summed E-state index contributed by atoms with van der Waals surface area (Å²) in [6.45, 7) is 4.00. The molecule has 66 valence electrons. The van der Waals surface area contributed by atoms with Crippen molar-refractivity contribution in [2.75, 3.05) is 0 Å². The molecule has 1 aromatic rings. The van der Waals surface area contributed by atoms with E-state index in [0.29, 0.717) is 0 Å². The zero-order chi connectivity index (χ0) is 8.97. The van der Waals surface area contributed by atoms with Crippen molar-refractivity contribution in [2.24, 2.45) is 5.73 Å². The molecule has 1 aliphatic rings. The van der Waals surface area contributed by atoms with Gasteiger partial charge in [0.25, 0.3) is 0 Å². The summed E-state index contributed by atoms with van der Waals surface area (Å²) in [6, 6.07) is 2.28. The van der Waals surface area contributed by atoms with Crippen LogP contribution in [0.4, 0.5) is 0 Å². The fourth-order valence-electron chi connectivity index (χ4n) is 1.48. The van der Waals surface area contributed by atoms with E-state index < -0.39 is 0 Å². The Hall–Kier alpha value is -0.890. The van der Waals surface area contributed by atoms with E-state index in [1.165, 1.54) is 11.1 Å². The quantitative estimate of drug-likeness (QED) is 0.637. The SMILES string of the molecule is CC.NC1CCc2cnccc21. The molecule has 0 bridgehead atoms. The molecule has 2 rings (SSSR count). The molecule has 1 atom stereocenters. The Bertz CT molecular complexity index is 245. The van der Waals surface area contributed by atoms with Crippen LogP contribution in [0.2, 0.25) is 0 Å². The number of aryl methyl sites for hydroxylation is 1. The maximum Gasteiger partial charge on any atom is 0.0303 e. The van der Waals surface area contributed by atoms with Crippen molar-refractivity contribution < 1.29 is 0 Å². The molecule has 2 nitrogen and oxygen atoms in total. The van der Waals surface area contributed by atoms with Gasteiger partial charge in [-0.2, -0.15) is 0 Å². The highest BCUT2D eigenvalue weighted by Gasteiger charge is 2.17. The van der Waals surface area contributed by atoms with E-state index in [2.05, 4.69) is 4.98 Å². The van der Waals surface area contributed by atoms with Crippen LogP contribution in [-0.4, -0.2) is 4.98 Å². The molecule has 1 heterocycles. The third-order valence-electron chi connectivity index (χ3n) is 2.07. The highest BCUT2D eigenvalue weighted by molar-refractivity contribution is 5.30. The summed E-state index contributed by atoms with van der Waals surface area (Å²) < 4.78 is 0. The second kappa shape index (κ2) is 4.21. The Morgan fingerprint density at radius 1 is 1.50 bits per heavy atom. The van der Waals surface area contributed by atoms with Crippen LogP contribution >= 0.6 is 0 Å². The Balaban J connectivity index is 0.000000336. The van der Waals surface area contributed by atoms with E-state index in [0.717, 1.165) is 12.8 Å². The van der Waals surface area contributed by atoms with Gasteiger partial charge in [0.15, 0.2) is 0 Å². The van der Waals surface area contributed by atoms with Gasteiger partial charge in [-0.15, -0.1) is 0 Å². The minimum Gasteiger partial charge on any atom is -0.324 e. The monoisotopic (exact) mass is 164 g/mol. The smallest absolute Gasteiger partial charge is 0.0303 e. The number of pyridine rings is 1. The predicted octanol–water partition coefficient (Wildman–Crippen LogP) is 2.05. The second-order valence-corrected chi connectivity index (χ2v) is 2.72. The summed E-state index contributed by atoms with van der Waals surface area (Å²) in [5.74, 6) is 0. The largest absolute Gasteiger partial charge is 0.324 e. The van der Waals surface area contributed by atoms with Crippen molar-refractivity contribution >= 4 is 0 Å². The van der Waals surface area contributed by atoms with E-state index in [-0.39, 0.29) is 6.04 Å². The van der Waals surface area contributed by atoms with Gasteiger partial charge in [-0.3, -0.25) is 4.98 Å². The fraction of sp³-hybridized carbons (Fsp3) is 0.500. The molecule has 1 aromatic heterocycles. The molecular weight excluding hydrogens is 148 g/mol. The topological polar surface area (TPSA) is 38.9 Å². The molecule has 0 saturated heterocycles. The van der Waals surface area contributed by atoms with Crippen molar-refractivity contribution in [1.82, 2.24) is 4.98 Å². The van der Waals surface area contributed by atoms with Gasteiger partial charge in [-0.05, 0) is 30.0 Å². The zero-order valence-electron chi connectivity index (χ0n) is 7.75. The maximum absolute atomic E-state index is 5.82. The van der Waals surface area contributed by atoms with Crippen LogP contribution in [0.1, 0.15) is 37.4 Å². The molecule has 0 aromatic carbocycles. The molecule has 1 unspecified atom stereocenters. The number of nitrogens with two attached hydrogens (primary N) is 1. The first-order valence-electron chi connectivity index (χ1n) is 4.56. The van der Waals surface area contributed by atoms with Gasteiger partial charge < -0.3 is 5.73 Å². The van der Waals surface area contributed by atoms with Crippen LogP contribution in [0.25, 0.3) is 0 Å². The number of hydrogen-bond donors (Lipinski definition) is 1. The van der Waals surface area contributed by atoms with E-state index in [1.54, 1.807) is 0 Å². The molecule has 1 aliphatic carbocycles. The fourth-order valence-corrected chi connectivity index (χ4v) is 1.48. The van der Waals surface area contributed by atoms with Gasteiger partial charge in [0.05, 0.1) is 0 Å². The van der Waals surface area contributed by atoms with Crippen LogP contribution in [0.5, 0.6) is 0 Å². The van der Waals surface area contributed by atoms with E-state index in [4.69, 9.17) is 5.73 Å². The second-order valence-electron chi connectivity index (χ2n) is 2.72. The summed E-state index contributed by atoms with van der Waals surface area (Å²) in [6.07, 6.45) is 5.91. The first-order valence-corrected chi connectivity index (χ1v) is 4.56. The van der Waals surface area contributed by atoms with E-state index >= 15 is 0 Å². The van der Waals surface area contributed by atoms with Gasteiger partial charge in [-0.25, -0.2) is 0 Å². The van der Waals surface area contributed by atoms with Gasteiger partial charge in [-0.1, -0.05) is 13.8 Å². The van der Waals surface area contributed by atoms with Crippen LogP contribution in [-0.2, 0) is 6.42 Å². The predicted molar refractivity (Wildman–Crippen MR) is 50.8 cm³/mol. The van der Waals surface area contributed by atoms with Crippen molar-refractivity contribution in [3.63, 3.8) is 0 Å². The lowest BCUT2D eigenvalue weighted by atomic mass is 10.1. The Morgan fingerprint density at radius 3 is 2.92 bits per heavy atom. The number of nitrogens with zero attached hydrogens (tertiary/aromatic N) is 1. The van der Waals surface area contributed by atoms with Crippen molar-refractivity contribution in [1.29, 1.82) is 0 Å². The van der Waals surface area contributed by atoms with Gasteiger partial charge in [0, 0.05) is 18.4 Å². The van der Waals surface area contributed by atoms with Gasteiger partial charge in [0.2, 0.25) is 0 Å². The van der Waals surface area contributed by atoms with Crippen molar-refractivity contribution in [3.8, 4) is 0 Å². The molecular formula is C10H16N2. The molecule has 0 aliphatic heterocycles. The lowest BCUT2D eigenvalue weighted by molar-refractivity contribution is 0.713. The lowest BCUT2D eigenvalue weighted by Gasteiger charge is -2.01. The molecule has 0 amide bonds. The molecule has 0 saturated carbocycles. The third-order valence-corrected chi connectivity index (χ3v) is 2.07. The highest BCUT2D eigenvalue weighted by atomic mass is 14.7. The van der Waals surface area contributed by atoms with Crippen LogP contribution in [0, 0.1) is 0 Å². The van der Waals surface area contributed by atoms with Gasteiger partial charge >= 0.3 is 0 Å². The van der Waals surface area contributed by atoms with Crippen LogP contribution in [0.15, 0.2) is 18.5 Å². The number of rotatable bonds is 0. The summed E-state index contributed by atoms with van der Waals surface area (Å²) in [4.78, 5) is 4.04. The van der Waals surface area contributed by atoms with E-state index in [1.807, 2.05) is 32.3 Å². The lowest BCUT2D eigenvalue weighted by Crippen LogP contribution is -2.04. The molecule has 0 spiro atoms. The highest BCUT2D eigenvalue weighted by Crippen LogP contribution is 2.27. The summed E-state index contributed by atoms with van der Waals surface area (Å²) >= 11 is 0. The minimum absolute atomic E-state index is 0.262. The first kappa shape index (κ1) is 9.20. The normalized spacial score (nSPS) is 19.4. The van der Waals surface area contributed by atoms with E-state index in [9.17, 15) is 0 Å². The van der Waals surface area contributed by atoms with Gasteiger partial charge in [0.1, 0.15) is 0 Å². The first-order chi connectivity index (χ1) is 5.88. The Labute approximate surface area is 73.8 Å². The Morgan fingerprint density at radius 2 is 2.25 bits per heavy atom. The molecule has 12 heavy (non-hydrogen) atoms. The number of fused-ring (bicyclic) bond motifs is 1. The molecule has 2 heteroatoms. The molecule has 0 fully saturated rings. The standard InChI is InChI=1S/C8H10N2.C2H6/c9-8-2-1-6-5-10-4-3-7(6)8;1-2/h3-5,8H,1-2,9H2;1-2H3. The average Bonchev–Trinajstić information content (AvgIpc) is 2.53. The zero-order valence-corrected chi connectivity index (χ0v) is 7.75. The third kappa shape index (κ3) is 1.64. The number of aromatic nitrogens is 1. The van der Waals surface area contributed by atoms with Crippen molar-refractivity contribution in [2.45, 2.75) is 32.7 Å². The average molecular weight is 164 g/mol. The maximum atomic E-state index is 5.82. The summed E-state index contributed by atoms with van der Waals surface area (Å²) in [5.41, 5.74) is 8.43.